The van der Waals surface area contributed by atoms with Crippen molar-refractivity contribution >= 4 is 12.0 Å². The minimum Gasteiger partial charge on any atom is -0.481 e. The average Bonchev–Trinajstić information content (AvgIpc) is 2.28. The third kappa shape index (κ3) is 4.52. The topological polar surface area (TPSA) is 78.9 Å². The van der Waals surface area contributed by atoms with Crippen molar-refractivity contribution in [1.82, 2.24) is 10.2 Å². The lowest BCUT2D eigenvalue weighted by molar-refractivity contribution is -0.139. The van der Waals surface area contributed by atoms with E-state index in [0.29, 0.717) is 19.8 Å². The number of ether oxygens (including phenoxy) is 1. The SMILES string of the molecule is CCCC(C)NC(=O)N1CCOCC1CC(=O)O. The van der Waals surface area contributed by atoms with Crippen molar-refractivity contribution in [2.75, 3.05) is 19.8 Å². The highest BCUT2D eigenvalue weighted by Crippen LogP contribution is 2.11. The molecule has 2 N–H and O–H groups in total. The molecule has 1 heterocycles. The van der Waals surface area contributed by atoms with E-state index in [2.05, 4.69) is 12.2 Å². The number of aliphatic carboxylic acids is 1. The third-order valence-corrected chi connectivity index (χ3v) is 2.99. The summed E-state index contributed by atoms with van der Waals surface area (Å²) >= 11 is 0. The zero-order valence-electron chi connectivity index (χ0n) is 11.0. The first kappa shape index (κ1) is 14.8. The summed E-state index contributed by atoms with van der Waals surface area (Å²) in [6, 6.07) is -0.452. The van der Waals surface area contributed by atoms with Crippen molar-refractivity contribution in [3.63, 3.8) is 0 Å². The van der Waals surface area contributed by atoms with Gasteiger partial charge in [0.1, 0.15) is 0 Å². The fraction of sp³-hybridized carbons (Fsp3) is 0.833. The zero-order valence-corrected chi connectivity index (χ0v) is 11.0. The lowest BCUT2D eigenvalue weighted by atomic mass is 10.1. The molecule has 0 spiro atoms. The second kappa shape index (κ2) is 7.20. The monoisotopic (exact) mass is 258 g/mol. The van der Waals surface area contributed by atoms with E-state index in [1.807, 2.05) is 6.92 Å². The van der Waals surface area contributed by atoms with Crippen LogP contribution in [-0.2, 0) is 9.53 Å². The maximum atomic E-state index is 12.0. The number of urea groups is 1. The van der Waals surface area contributed by atoms with Crippen LogP contribution >= 0.6 is 0 Å². The number of carboxylic acids is 1. The highest BCUT2D eigenvalue weighted by atomic mass is 16.5. The molecule has 18 heavy (non-hydrogen) atoms. The van der Waals surface area contributed by atoms with Crippen LogP contribution in [0.4, 0.5) is 4.79 Å². The van der Waals surface area contributed by atoms with Crippen LogP contribution in [0.15, 0.2) is 0 Å². The predicted octanol–water partition coefficient (Wildman–Crippen LogP) is 1.06. The predicted molar refractivity (Wildman–Crippen MR) is 66.5 cm³/mol. The minimum atomic E-state index is -0.912. The van der Waals surface area contributed by atoms with Crippen LogP contribution in [0.25, 0.3) is 0 Å². The van der Waals surface area contributed by atoms with Crippen LogP contribution < -0.4 is 5.32 Å². The molecule has 0 bridgehead atoms. The Morgan fingerprint density at radius 2 is 2.28 bits per heavy atom. The molecule has 1 aliphatic heterocycles. The maximum absolute atomic E-state index is 12.0. The van der Waals surface area contributed by atoms with Crippen LogP contribution in [-0.4, -0.2) is 53.8 Å². The van der Waals surface area contributed by atoms with E-state index in [0.717, 1.165) is 12.8 Å². The van der Waals surface area contributed by atoms with Gasteiger partial charge >= 0.3 is 12.0 Å². The number of carboxylic acid groups (broad SMARTS) is 1. The summed E-state index contributed by atoms with van der Waals surface area (Å²) in [5.74, 6) is -0.912. The first-order chi connectivity index (χ1) is 8.54. The van der Waals surface area contributed by atoms with Gasteiger partial charge in [-0.3, -0.25) is 4.79 Å². The molecule has 0 aromatic carbocycles. The highest BCUT2D eigenvalue weighted by Gasteiger charge is 2.29. The van der Waals surface area contributed by atoms with E-state index in [1.165, 1.54) is 0 Å². The number of carbonyl (C=O) groups excluding carboxylic acids is 1. The van der Waals surface area contributed by atoms with Gasteiger partial charge in [0.15, 0.2) is 0 Å². The molecule has 0 saturated carbocycles. The molecule has 2 atom stereocenters. The summed E-state index contributed by atoms with van der Waals surface area (Å²) in [6.45, 7) is 5.22. The van der Waals surface area contributed by atoms with Gasteiger partial charge in [-0.25, -0.2) is 4.79 Å². The molecular formula is C12H22N2O4. The summed E-state index contributed by atoms with van der Waals surface area (Å²) in [4.78, 5) is 24.4. The standard InChI is InChI=1S/C12H22N2O4/c1-3-4-9(2)13-12(17)14-5-6-18-8-10(14)7-11(15)16/h9-10H,3-8H2,1-2H3,(H,13,17)(H,15,16). The van der Waals surface area contributed by atoms with Gasteiger partial charge in [0.25, 0.3) is 0 Å². The third-order valence-electron chi connectivity index (χ3n) is 2.99. The Morgan fingerprint density at radius 3 is 2.89 bits per heavy atom. The van der Waals surface area contributed by atoms with Gasteiger partial charge in [-0.05, 0) is 13.3 Å². The van der Waals surface area contributed by atoms with Crippen LogP contribution in [0.3, 0.4) is 0 Å². The van der Waals surface area contributed by atoms with E-state index in [-0.39, 0.29) is 24.5 Å². The normalized spacial score (nSPS) is 21.4. The number of nitrogens with one attached hydrogen (secondary N) is 1. The Bertz CT molecular complexity index is 296. The van der Waals surface area contributed by atoms with Gasteiger partial charge < -0.3 is 20.1 Å². The number of hydrogen-bond donors (Lipinski definition) is 2. The van der Waals surface area contributed by atoms with Crippen LogP contribution in [0.2, 0.25) is 0 Å². The van der Waals surface area contributed by atoms with Crippen molar-refractivity contribution in [2.24, 2.45) is 0 Å². The summed E-state index contributed by atoms with van der Waals surface area (Å²) < 4.78 is 5.23. The smallest absolute Gasteiger partial charge is 0.318 e. The Kier molecular flexibility index (Phi) is 5.91. The summed E-state index contributed by atoms with van der Waals surface area (Å²) in [5, 5.41) is 11.7. The Morgan fingerprint density at radius 1 is 1.56 bits per heavy atom. The van der Waals surface area contributed by atoms with Gasteiger partial charge in [-0.15, -0.1) is 0 Å². The summed E-state index contributed by atoms with van der Waals surface area (Å²) in [6.07, 6.45) is 1.85. The van der Waals surface area contributed by atoms with E-state index in [4.69, 9.17) is 9.84 Å². The van der Waals surface area contributed by atoms with E-state index in [1.54, 1.807) is 4.90 Å². The summed E-state index contributed by atoms with van der Waals surface area (Å²) in [7, 11) is 0. The van der Waals surface area contributed by atoms with Crippen LogP contribution in [0, 0.1) is 0 Å². The van der Waals surface area contributed by atoms with Gasteiger partial charge in [-0.2, -0.15) is 0 Å². The van der Waals surface area contributed by atoms with Crippen LogP contribution in [0.1, 0.15) is 33.1 Å². The number of carbonyl (C=O) groups is 2. The molecule has 0 aromatic heterocycles. The molecule has 2 amide bonds. The van der Waals surface area contributed by atoms with Crippen LogP contribution in [0.5, 0.6) is 0 Å². The second-order valence-corrected chi connectivity index (χ2v) is 4.66. The van der Waals surface area contributed by atoms with Crippen molar-refractivity contribution in [1.29, 1.82) is 0 Å². The van der Waals surface area contributed by atoms with Gasteiger partial charge in [0.2, 0.25) is 0 Å². The van der Waals surface area contributed by atoms with Gasteiger partial charge in [-0.1, -0.05) is 13.3 Å². The molecule has 0 radical (unpaired) electrons. The molecule has 1 rings (SSSR count). The number of morpholine rings is 1. The molecule has 1 saturated heterocycles. The molecule has 0 aromatic rings. The van der Waals surface area contributed by atoms with E-state index >= 15 is 0 Å². The van der Waals surface area contributed by atoms with Crippen molar-refractivity contribution in [3.05, 3.63) is 0 Å². The number of hydrogen-bond acceptors (Lipinski definition) is 3. The number of rotatable bonds is 5. The lowest BCUT2D eigenvalue weighted by Crippen LogP contribution is -2.54. The summed E-state index contributed by atoms with van der Waals surface area (Å²) in [5.41, 5.74) is 0. The van der Waals surface area contributed by atoms with Gasteiger partial charge in [0, 0.05) is 12.6 Å². The largest absolute Gasteiger partial charge is 0.481 e. The Balaban J connectivity index is 2.54. The number of amides is 2. The lowest BCUT2D eigenvalue weighted by Gasteiger charge is -2.35. The molecule has 6 heteroatoms. The van der Waals surface area contributed by atoms with E-state index < -0.39 is 5.97 Å². The minimum absolute atomic E-state index is 0.0738. The van der Waals surface area contributed by atoms with Crippen molar-refractivity contribution in [2.45, 2.75) is 45.2 Å². The quantitative estimate of drug-likeness (QED) is 0.773. The average molecular weight is 258 g/mol. The fourth-order valence-corrected chi connectivity index (χ4v) is 2.09. The number of nitrogens with zero attached hydrogens (tertiary/aromatic N) is 1. The zero-order chi connectivity index (χ0) is 13.5. The first-order valence-electron chi connectivity index (χ1n) is 6.41. The molecular weight excluding hydrogens is 236 g/mol. The molecule has 0 aliphatic carbocycles. The molecule has 1 fully saturated rings. The second-order valence-electron chi connectivity index (χ2n) is 4.66. The first-order valence-corrected chi connectivity index (χ1v) is 6.41. The van der Waals surface area contributed by atoms with Gasteiger partial charge in [0.05, 0.1) is 25.7 Å². The Hall–Kier alpha value is -1.30. The van der Waals surface area contributed by atoms with E-state index in [9.17, 15) is 9.59 Å². The highest BCUT2D eigenvalue weighted by molar-refractivity contribution is 5.76. The Labute approximate surface area is 107 Å². The van der Waals surface area contributed by atoms with Crippen molar-refractivity contribution < 1.29 is 19.4 Å². The molecule has 2 unspecified atom stereocenters. The fourth-order valence-electron chi connectivity index (χ4n) is 2.09. The molecule has 1 aliphatic rings. The molecule has 6 nitrogen and oxygen atoms in total. The van der Waals surface area contributed by atoms with Crippen molar-refractivity contribution in [3.8, 4) is 0 Å². The molecule has 104 valence electrons. The maximum Gasteiger partial charge on any atom is 0.318 e.